The van der Waals surface area contributed by atoms with E-state index in [0.717, 1.165) is 11.8 Å². The van der Waals surface area contributed by atoms with Crippen LogP contribution < -0.4 is 0 Å². The van der Waals surface area contributed by atoms with Crippen molar-refractivity contribution in [2.24, 2.45) is 0 Å². The molecule has 0 aromatic carbocycles. The van der Waals surface area contributed by atoms with Gasteiger partial charge >= 0.3 is 5.97 Å². The molecule has 0 atom stereocenters. The van der Waals surface area contributed by atoms with Crippen LogP contribution in [0.15, 0.2) is 0 Å². The number of aromatic amines is 1. The third kappa shape index (κ3) is 3.82. The first-order chi connectivity index (χ1) is 10.8. The Morgan fingerprint density at radius 2 is 2.00 bits per heavy atom. The lowest BCUT2D eigenvalue weighted by Crippen LogP contribution is -2.31. The predicted octanol–water partition coefficient (Wildman–Crippen LogP) is 1.73. The van der Waals surface area contributed by atoms with E-state index in [9.17, 15) is 19.2 Å². The van der Waals surface area contributed by atoms with Gasteiger partial charge in [-0.1, -0.05) is 11.8 Å². The zero-order valence-electron chi connectivity index (χ0n) is 13.2. The van der Waals surface area contributed by atoms with Crippen LogP contribution in [0.25, 0.3) is 0 Å². The number of ketones is 2. The summed E-state index contributed by atoms with van der Waals surface area (Å²) in [5.41, 5.74) is 1.93. The van der Waals surface area contributed by atoms with E-state index in [1.807, 2.05) is 0 Å². The Labute approximate surface area is 137 Å². The first-order valence-electron chi connectivity index (χ1n) is 7.12. The van der Waals surface area contributed by atoms with Crippen LogP contribution in [0, 0.1) is 13.8 Å². The predicted molar refractivity (Wildman–Crippen MR) is 85.0 cm³/mol. The molecule has 1 amide bonds. The van der Waals surface area contributed by atoms with Crippen LogP contribution in [0.2, 0.25) is 0 Å². The number of hydrogen-bond acceptors (Lipinski definition) is 6. The lowest BCUT2D eigenvalue weighted by Gasteiger charge is -2.13. The molecular weight excluding hydrogens is 320 g/mol. The molecule has 1 N–H and O–H groups in total. The van der Waals surface area contributed by atoms with E-state index in [1.54, 1.807) is 13.8 Å². The molecule has 0 bridgehead atoms. The number of aromatic nitrogens is 1. The molecular formula is C15H18N2O5S. The van der Waals surface area contributed by atoms with E-state index in [-0.39, 0.29) is 23.3 Å². The van der Waals surface area contributed by atoms with Crippen molar-refractivity contribution < 1.29 is 23.9 Å². The third-order valence-corrected chi connectivity index (χ3v) is 4.49. The summed E-state index contributed by atoms with van der Waals surface area (Å²) in [6.45, 7) is 4.75. The van der Waals surface area contributed by atoms with Crippen molar-refractivity contribution in [2.45, 2.75) is 20.8 Å². The number of esters is 1. The number of nitrogens with zero attached hydrogens (tertiary/aromatic N) is 1. The Hall–Kier alpha value is -2.09. The van der Waals surface area contributed by atoms with Gasteiger partial charge in [-0.05, 0) is 26.3 Å². The fourth-order valence-electron chi connectivity index (χ4n) is 2.55. The van der Waals surface area contributed by atoms with Gasteiger partial charge in [0.05, 0.1) is 5.69 Å². The summed E-state index contributed by atoms with van der Waals surface area (Å²) in [6.07, 6.45) is 0. The molecule has 1 saturated heterocycles. The van der Waals surface area contributed by atoms with Crippen LogP contribution in [0.1, 0.15) is 39.0 Å². The number of ether oxygens (including phenoxy) is 1. The summed E-state index contributed by atoms with van der Waals surface area (Å²) in [5, 5.41) is -0.157. The Morgan fingerprint density at radius 3 is 2.52 bits per heavy atom. The Morgan fingerprint density at radius 1 is 1.30 bits per heavy atom. The van der Waals surface area contributed by atoms with Crippen LogP contribution in [0.4, 0.5) is 4.79 Å². The third-order valence-electron chi connectivity index (χ3n) is 3.60. The molecule has 23 heavy (non-hydrogen) atoms. The fourth-order valence-corrected chi connectivity index (χ4v) is 3.37. The molecule has 0 aliphatic carbocycles. The van der Waals surface area contributed by atoms with Gasteiger partial charge in [-0.3, -0.25) is 19.2 Å². The second-order valence-electron chi connectivity index (χ2n) is 5.30. The van der Waals surface area contributed by atoms with Gasteiger partial charge in [0.15, 0.2) is 12.4 Å². The van der Waals surface area contributed by atoms with Gasteiger partial charge in [-0.15, -0.1) is 0 Å². The zero-order chi connectivity index (χ0) is 17.1. The zero-order valence-corrected chi connectivity index (χ0v) is 14.0. The summed E-state index contributed by atoms with van der Waals surface area (Å²) in [5.74, 6) is -0.507. The highest BCUT2D eigenvalue weighted by atomic mass is 32.2. The number of amides is 1. The van der Waals surface area contributed by atoms with Gasteiger partial charge in [0.25, 0.3) is 5.24 Å². The number of carbonyl (C=O) groups excluding carboxylic acids is 4. The number of rotatable bonds is 6. The number of carbonyl (C=O) groups is 4. The maximum atomic E-state index is 12.2. The number of Topliss-reactive ketones (excluding diaryl/α,β-unsaturated/α-hetero) is 2. The van der Waals surface area contributed by atoms with Gasteiger partial charge in [0.1, 0.15) is 6.54 Å². The quantitative estimate of drug-likeness (QED) is 0.627. The van der Waals surface area contributed by atoms with E-state index in [4.69, 9.17) is 4.74 Å². The number of nitrogens with one attached hydrogen (secondary N) is 1. The Bertz CT molecular complexity index is 680. The van der Waals surface area contributed by atoms with Crippen LogP contribution in [-0.4, -0.2) is 58.1 Å². The van der Waals surface area contributed by atoms with Crippen LogP contribution >= 0.6 is 11.8 Å². The van der Waals surface area contributed by atoms with Gasteiger partial charge in [-0.2, -0.15) is 0 Å². The summed E-state index contributed by atoms with van der Waals surface area (Å²) in [6, 6.07) is 0. The van der Waals surface area contributed by atoms with Gasteiger partial charge < -0.3 is 14.6 Å². The summed E-state index contributed by atoms with van der Waals surface area (Å²) in [4.78, 5) is 51.1. The van der Waals surface area contributed by atoms with Crippen LogP contribution in [0.5, 0.6) is 0 Å². The molecule has 1 aliphatic heterocycles. The number of aryl methyl sites for hydroxylation is 1. The highest BCUT2D eigenvalue weighted by molar-refractivity contribution is 8.13. The molecule has 2 rings (SSSR count). The molecule has 2 heterocycles. The van der Waals surface area contributed by atoms with Crippen molar-refractivity contribution in [1.29, 1.82) is 0 Å². The molecule has 1 aliphatic rings. The van der Waals surface area contributed by atoms with E-state index < -0.39 is 18.4 Å². The first kappa shape index (κ1) is 17.3. The smallest absolute Gasteiger partial charge is 0.326 e. The second kappa shape index (κ2) is 6.99. The average molecular weight is 338 g/mol. The van der Waals surface area contributed by atoms with Gasteiger partial charge in [0.2, 0.25) is 5.78 Å². The van der Waals surface area contributed by atoms with Crippen molar-refractivity contribution >= 4 is 34.5 Å². The lowest BCUT2D eigenvalue weighted by molar-refractivity contribution is -0.142. The minimum atomic E-state index is -0.623. The molecule has 1 aromatic rings. The van der Waals surface area contributed by atoms with Crippen molar-refractivity contribution in [3.63, 3.8) is 0 Å². The SMILES string of the molecule is CC(=O)c1c(C)[nH]c(C(=O)COC(=O)CN2CCSC2=O)c1C. The molecule has 0 radical (unpaired) electrons. The van der Waals surface area contributed by atoms with Gasteiger partial charge in [-0.25, -0.2) is 0 Å². The Balaban J connectivity index is 1.95. The summed E-state index contributed by atoms with van der Waals surface area (Å²) < 4.78 is 4.94. The highest BCUT2D eigenvalue weighted by Crippen LogP contribution is 2.19. The van der Waals surface area contributed by atoms with Crippen LogP contribution in [-0.2, 0) is 9.53 Å². The van der Waals surface area contributed by atoms with Crippen molar-refractivity contribution in [3.8, 4) is 0 Å². The lowest BCUT2D eigenvalue weighted by atomic mass is 10.1. The maximum Gasteiger partial charge on any atom is 0.326 e. The van der Waals surface area contributed by atoms with Gasteiger partial charge in [0, 0.05) is 23.6 Å². The van der Waals surface area contributed by atoms with E-state index in [1.165, 1.54) is 11.8 Å². The normalized spacial score (nSPS) is 14.2. The highest BCUT2D eigenvalue weighted by Gasteiger charge is 2.25. The number of hydrogen-bond donors (Lipinski definition) is 1. The largest absolute Gasteiger partial charge is 0.456 e. The molecule has 1 aromatic heterocycles. The maximum absolute atomic E-state index is 12.2. The standard InChI is InChI=1S/C15H18N2O5S/c1-8-13(10(3)18)9(2)16-14(8)11(19)7-22-12(20)6-17-4-5-23-15(17)21/h16H,4-7H2,1-3H3. The molecule has 0 unspecified atom stereocenters. The molecule has 1 fully saturated rings. The summed E-state index contributed by atoms with van der Waals surface area (Å²) in [7, 11) is 0. The second-order valence-corrected chi connectivity index (χ2v) is 6.35. The average Bonchev–Trinajstić information content (AvgIpc) is 3.00. The van der Waals surface area contributed by atoms with E-state index in [0.29, 0.717) is 29.1 Å². The minimum absolute atomic E-state index is 0.127. The molecule has 7 nitrogen and oxygen atoms in total. The number of thioether (sulfide) groups is 1. The monoisotopic (exact) mass is 338 g/mol. The topological polar surface area (TPSA) is 96.5 Å². The Kier molecular flexibility index (Phi) is 5.25. The van der Waals surface area contributed by atoms with E-state index in [2.05, 4.69) is 4.98 Å². The van der Waals surface area contributed by atoms with E-state index >= 15 is 0 Å². The number of H-pyrrole nitrogens is 1. The molecule has 0 spiro atoms. The van der Waals surface area contributed by atoms with Crippen molar-refractivity contribution in [2.75, 3.05) is 25.4 Å². The minimum Gasteiger partial charge on any atom is -0.456 e. The molecule has 8 heteroatoms. The molecule has 0 saturated carbocycles. The van der Waals surface area contributed by atoms with Crippen LogP contribution in [0.3, 0.4) is 0 Å². The summed E-state index contributed by atoms with van der Waals surface area (Å²) >= 11 is 1.15. The first-order valence-corrected chi connectivity index (χ1v) is 8.10. The molecule has 124 valence electrons. The van der Waals surface area contributed by atoms with Crippen molar-refractivity contribution in [1.82, 2.24) is 9.88 Å². The van der Waals surface area contributed by atoms with Crippen molar-refractivity contribution in [3.05, 3.63) is 22.5 Å². The fraction of sp³-hybridized carbons (Fsp3) is 0.467.